The molecule has 3 rings (SSSR count). The third kappa shape index (κ3) is 5.93. The maximum Gasteiger partial charge on any atom is 0.397 e. The van der Waals surface area contributed by atoms with E-state index >= 15 is 0 Å². The van der Waals surface area contributed by atoms with Crippen molar-refractivity contribution in [3.05, 3.63) is 41.8 Å². The van der Waals surface area contributed by atoms with Crippen LogP contribution < -0.4 is 0 Å². The lowest BCUT2D eigenvalue weighted by Crippen LogP contribution is -2.59. The van der Waals surface area contributed by atoms with Gasteiger partial charge in [0.1, 0.15) is 55.4 Å². The molecule has 12 heteroatoms. The highest BCUT2D eigenvalue weighted by molar-refractivity contribution is 7.80. The summed E-state index contributed by atoms with van der Waals surface area (Å²) in [7, 11) is -5.01. The second-order valence-corrected chi connectivity index (χ2v) is 8.77. The van der Waals surface area contributed by atoms with E-state index in [9.17, 15) is 34.0 Å². The number of hydrogen-bond donors (Lipinski definition) is 6. The summed E-state index contributed by atoms with van der Waals surface area (Å²) in [5.41, 5.74) is 0.761. The van der Waals surface area contributed by atoms with Crippen LogP contribution in [0, 0.1) is 11.8 Å². The van der Waals surface area contributed by atoms with E-state index in [0.29, 0.717) is 5.92 Å². The Morgan fingerprint density at radius 3 is 2.35 bits per heavy atom. The fraction of sp³-hybridized carbons (Fsp3) is 0.632. The molecule has 1 aliphatic heterocycles. The summed E-state index contributed by atoms with van der Waals surface area (Å²) in [5.74, 6) is -0.334. The lowest BCUT2D eigenvalue weighted by molar-refractivity contribution is -0.296. The van der Waals surface area contributed by atoms with Crippen molar-refractivity contribution < 1.29 is 52.2 Å². The number of benzene rings is 1. The van der Waals surface area contributed by atoms with Gasteiger partial charge in [0.05, 0.1) is 13.2 Å². The zero-order valence-corrected chi connectivity index (χ0v) is 17.3. The Morgan fingerprint density at radius 2 is 1.74 bits per heavy atom. The summed E-state index contributed by atoms with van der Waals surface area (Å²) in [6, 6.07) is 8.93. The van der Waals surface area contributed by atoms with Gasteiger partial charge in [0.2, 0.25) is 0 Å². The van der Waals surface area contributed by atoms with E-state index in [1.54, 1.807) is 24.3 Å². The molecule has 2 aliphatic rings. The Morgan fingerprint density at radius 1 is 1.06 bits per heavy atom. The molecule has 1 heterocycles. The molecule has 0 unspecified atom stereocenters. The first-order valence-corrected chi connectivity index (χ1v) is 11.1. The fourth-order valence-corrected chi connectivity index (χ4v) is 4.52. The van der Waals surface area contributed by atoms with Crippen molar-refractivity contribution in [1.82, 2.24) is 0 Å². The maximum atomic E-state index is 11.3. The van der Waals surface area contributed by atoms with Crippen molar-refractivity contribution in [2.24, 2.45) is 5.92 Å². The maximum absolute atomic E-state index is 11.3. The molecule has 1 aliphatic carbocycles. The van der Waals surface area contributed by atoms with E-state index < -0.39 is 65.8 Å². The van der Waals surface area contributed by atoms with Crippen molar-refractivity contribution in [1.29, 1.82) is 0 Å². The van der Waals surface area contributed by atoms with Gasteiger partial charge in [-0.15, -0.1) is 0 Å². The first-order chi connectivity index (χ1) is 14.6. The monoisotopic (exact) mass is 463 g/mol. The van der Waals surface area contributed by atoms with Crippen molar-refractivity contribution in [2.45, 2.75) is 62.4 Å². The van der Waals surface area contributed by atoms with Gasteiger partial charge in [-0.05, 0) is 5.56 Å². The number of aliphatic hydroxyl groups excluding tert-OH is 5. The Kier molecular flexibility index (Phi) is 7.91. The highest BCUT2D eigenvalue weighted by atomic mass is 32.3. The molecule has 1 saturated heterocycles. The zero-order valence-electron chi connectivity index (χ0n) is 16.5. The van der Waals surface area contributed by atoms with Crippen LogP contribution in [0.4, 0.5) is 0 Å². The van der Waals surface area contributed by atoms with Gasteiger partial charge in [0.15, 0.2) is 12.2 Å². The molecule has 1 aromatic carbocycles. The van der Waals surface area contributed by atoms with Crippen LogP contribution in [0.15, 0.2) is 30.3 Å². The van der Waals surface area contributed by atoms with Gasteiger partial charge in [0.25, 0.3) is 0 Å². The van der Waals surface area contributed by atoms with Crippen molar-refractivity contribution in [3.63, 3.8) is 0 Å². The van der Waals surface area contributed by atoms with E-state index in [-0.39, 0.29) is 19.4 Å². The summed E-state index contributed by atoms with van der Waals surface area (Å²) in [6.45, 7) is -0.442. The standard InChI is InChI=1S/C19H26O11S/c20-8-12-11(6-13(21)15(12)22)7-14-18(30-31(25,26)27)16(23)17(24)19(29-14)28-9-10-4-2-1-3-5-10/h1-5,12-24H,6-9H2/p+1/t12-,13+,14+,15+,16+,17+,18-,19+/m0/s1. The third-order valence-electron chi connectivity index (χ3n) is 5.59. The van der Waals surface area contributed by atoms with Gasteiger partial charge in [-0.2, -0.15) is 8.42 Å². The fourth-order valence-electron chi connectivity index (χ4n) is 4.00. The Labute approximate surface area is 179 Å². The predicted molar refractivity (Wildman–Crippen MR) is 103 cm³/mol. The van der Waals surface area contributed by atoms with E-state index in [2.05, 4.69) is 4.18 Å². The first kappa shape index (κ1) is 24.3. The minimum atomic E-state index is -5.01. The van der Waals surface area contributed by atoms with Crippen LogP contribution in [-0.4, -0.2) is 88.0 Å². The SMILES string of the molecule is O=S(=O)(O)O[C@@H]1[C@H](O)[C@@H](O)[C@H](OCc2ccccc2)O[C@@H]1C[C+]1C[C@@H](O)[C@H](O)[C@H]1CO. The van der Waals surface area contributed by atoms with Crippen molar-refractivity contribution in [2.75, 3.05) is 6.61 Å². The highest BCUT2D eigenvalue weighted by Gasteiger charge is 2.55. The van der Waals surface area contributed by atoms with Crippen LogP contribution in [0.3, 0.4) is 0 Å². The molecule has 0 spiro atoms. The summed E-state index contributed by atoms with van der Waals surface area (Å²) in [5, 5.41) is 50.3. The predicted octanol–water partition coefficient (Wildman–Crippen LogP) is -1.46. The minimum absolute atomic E-state index is 0.0129. The van der Waals surface area contributed by atoms with E-state index in [4.69, 9.17) is 14.0 Å². The lowest BCUT2D eigenvalue weighted by atomic mass is 9.86. The summed E-state index contributed by atoms with van der Waals surface area (Å²) >= 11 is 0. The molecular formula is C19H27O11S+. The van der Waals surface area contributed by atoms with E-state index in [1.807, 2.05) is 6.07 Å². The largest absolute Gasteiger partial charge is 0.397 e. The molecule has 6 N–H and O–H groups in total. The lowest BCUT2D eigenvalue weighted by Gasteiger charge is -2.40. The van der Waals surface area contributed by atoms with Crippen molar-refractivity contribution in [3.8, 4) is 0 Å². The average Bonchev–Trinajstić information content (AvgIpc) is 2.99. The molecule has 11 nitrogen and oxygen atoms in total. The van der Waals surface area contributed by atoms with Gasteiger partial charge in [-0.3, -0.25) is 4.55 Å². The van der Waals surface area contributed by atoms with Gasteiger partial charge < -0.3 is 35.0 Å². The van der Waals surface area contributed by atoms with Crippen LogP contribution >= 0.6 is 0 Å². The van der Waals surface area contributed by atoms with Gasteiger partial charge >= 0.3 is 10.4 Å². The normalized spacial score (nSPS) is 36.6. The third-order valence-corrected chi connectivity index (χ3v) is 6.06. The summed E-state index contributed by atoms with van der Waals surface area (Å²) < 4.78 is 47.4. The van der Waals surface area contributed by atoms with E-state index in [1.165, 1.54) is 0 Å². The molecule has 0 bridgehead atoms. The molecule has 0 radical (unpaired) electrons. The molecule has 0 amide bonds. The summed E-state index contributed by atoms with van der Waals surface area (Å²) in [4.78, 5) is 0. The minimum Gasteiger partial charge on any atom is -0.392 e. The van der Waals surface area contributed by atoms with Crippen LogP contribution in [0.1, 0.15) is 18.4 Å². The number of rotatable bonds is 8. The molecule has 0 aromatic heterocycles. The average molecular weight is 463 g/mol. The smallest absolute Gasteiger partial charge is 0.392 e. The first-order valence-electron chi connectivity index (χ1n) is 9.75. The Balaban J connectivity index is 1.77. The van der Waals surface area contributed by atoms with Gasteiger partial charge in [-0.25, -0.2) is 4.18 Å². The van der Waals surface area contributed by atoms with Crippen LogP contribution in [0.5, 0.6) is 0 Å². The van der Waals surface area contributed by atoms with E-state index in [0.717, 1.165) is 5.56 Å². The molecule has 2 fully saturated rings. The highest BCUT2D eigenvalue weighted by Crippen LogP contribution is 2.40. The topological polar surface area (TPSA) is 183 Å². The van der Waals surface area contributed by atoms with Gasteiger partial charge in [-0.1, -0.05) is 30.3 Å². The van der Waals surface area contributed by atoms with Crippen LogP contribution in [0.2, 0.25) is 0 Å². The molecule has 31 heavy (non-hydrogen) atoms. The van der Waals surface area contributed by atoms with Gasteiger partial charge in [0, 0.05) is 0 Å². The second kappa shape index (κ2) is 10.1. The van der Waals surface area contributed by atoms with Crippen molar-refractivity contribution >= 4 is 10.4 Å². The molecular weight excluding hydrogens is 436 g/mol. The van der Waals surface area contributed by atoms with Crippen LogP contribution in [-0.2, 0) is 30.7 Å². The quantitative estimate of drug-likeness (QED) is 0.196. The zero-order chi connectivity index (χ0) is 22.8. The Hall–Kier alpha value is -1.32. The molecule has 174 valence electrons. The van der Waals surface area contributed by atoms with Crippen LogP contribution in [0.25, 0.3) is 0 Å². The number of ether oxygens (including phenoxy) is 2. The summed E-state index contributed by atoms with van der Waals surface area (Å²) in [6.07, 6.45) is -10.2. The molecule has 8 atom stereocenters. The second-order valence-electron chi connectivity index (χ2n) is 7.72. The molecule has 1 aromatic rings. The number of hydrogen-bond acceptors (Lipinski definition) is 10. The molecule has 1 saturated carbocycles. The Bertz CT molecular complexity index is 804. The number of aliphatic hydroxyl groups is 5.